The zero-order valence-corrected chi connectivity index (χ0v) is 18.9. The number of halogens is 5. The van der Waals surface area contributed by atoms with Crippen LogP contribution in [0.25, 0.3) is 11.1 Å². The molecule has 1 aliphatic rings. The highest BCUT2D eigenvalue weighted by molar-refractivity contribution is 6.36. The number of primary amides is 1. The number of hydrogen-bond donors (Lipinski definition) is 4. The number of carbonyl (C=O) groups is 1. The largest absolute Gasteiger partial charge is 0.485 e. The number of rotatable bonds is 8. The fourth-order valence-corrected chi connectivity index (χ4v) is 4.01. The van der Waals surface area contributed by atoms with Crippen molar-refractivity contribution in [2.75, 3.05) is 17.2 Å². The zero-order chi connectivity index (χ0) is 24.5. The van der Waals surface area contributed by atoms with E-state index in [4.69, 9.17) is 33.7 Å². The fourth-order valence-electron chi connectivity index (χ4n) is 3.46. The summed E-state index contributed by atoms with van der Waals surface area (Å²) in [6, 6.07) is 11.0. The molecule has 2 heterocycles. The lowest BCUT2D eigenvalue weighted by molar-refractivity contribution is -0.122. The Hall–Kier alpha value is -3.21. The molecule has 0 unspecified atom stereocenters. The third kappa shape index (κ3) is 4.84. The van der Waals surface area contributed by atoms with Gasteiger partial charge in [-0.1, -0.05) is 35.3 Å². The van der Waals surface area contributed by atoms with Crippen molar-refractivity contribution in [3.05, 3.63) is 70.2 Å². The number of ether oxygens (including phenoxy) is 1. The molecule has 0 radical (unpaired) electrons. The van der Waals surface area contributed by atoms with E-state index in [2.05, 4.69) is 20.9 Å². The summed E-state index contributed by atoms with van der Waals surface area (Å²) < 4.78 is 45.4. The highest BCUT2D eigenvalue weighted by Gasteiger charge is 2.41. The Morgan fingerprint density at radius 2 is 1.85 bits per heavy atom. The maximum atomic E-state index is 15.0. The standard InChI is InChI=1S/C22H18Cl2F3N5O2/c23-12-6-13(20(14(24)7-12)34-10-19(26)27)11-5-15(25)18(29-8-11)9-30-22(21(28)33)31-16-3-1-2-4-17(16)32-22/h1-8,19,30-32H,9-10H2,(H2,28,33). The molecule has 178 valence electrons. The maximum Gasteiger partial charge on any atom is 0.280 e. The van der Waals surface area contributed by atoms with Crippen molar-refractivity contribution in [3.63, 3.8) is 0 Å². The van der Waals surface area contributed by atoms with Crippen LogP contribution in [-0.4, -0.2) is 29.7 Å². The summed E-state index contributed by atoms with van der Waals surface area (Å²) in [6.45, 7) is -1.07. The second-order valence-electron chi connectivity index (χ2n) is 7.38. The topological polar surface area (TPSA) is 101 Å². The minimum absolute atomic E-state index is 0.00403. The Kier molecular flexibility index (Phi) is 6.74. The number of pyridine rings is 1. The second-order valence-corrected chi connectivity index (χ2v) is 8.23. The van der Waals surface area contributed by atoms with Gasteiger partial charge in [0.1, 0.15) is 18.2 Å². The molecule has 7 nitrogen and oxygen atoms in total. The summed E-state index contributed by atoms with van der Waals surface area (Å²) in [5, 5.41) is 9.00. The molecule has 0 bridgehead atoms. The Labute approximate surface area is 202 Å². The van der Waals surface area contributed by atoms with Crippen LogP contribution in [0.15, 0.2) is 48.7 Å². The monoisotopic (exact) mass is 511 g/mol. The average molecular weight is 512 g/mol. The molecule has 0 saturated carbocycles. The van der Waals surface area contributed by atoms with Gasteiger partial charge in [-0.2, -0.15) is 0 Å². The minimum Gasteiger partial charge on any atom is -0.485 e. The van der Waals surface area contributed by atoms with Crippen molar-refractivity contribution >= 4 is 40.5 Å². The molecule has 0 fully saturated rings. The summed E-state index contributed by atoms with van der Waals surface area (Å²) in [6.07, 6.45) is -1.41. The normalized spacial score (nSPS) is 13.8. The van der Waals surface area contributed by atoms with Gasteiger partial charge >= 0.3 is 0 Å². The number of alkyl halides is 2. The molecule has 5 N–H and O–H groups in total. The molecule has 4 rings (SSSR count). The predicted octanol–water partition coefficient (Wildman–Crippen LogP) is 4.60. The number of anilines is 2. The second kappa shape index (κ2) is 9.57. The number of amides is 1. The molecule has 3 aromatic rings. The number of fused-ring (bicyclic) bond motifs is 1. The Morgan fingerprint density at radius 3 is 2.44 bits per heavy atom. The first-order valence-corrected chi connectivity index (χ1v) is 10.7. The fraction of sp³-hybridized carbons (Fsp3) is 0.182. The van der Waals surface area contributed by atoms with Crippen LogP contribution < -0.4 is 26.4 Å². The van der Waals surface area contributed by atoms with Gasteiger partial charge in [-0.05, 0) is 30.3 Å². The van der Waals surface area contributed by atoms with Gasteiger partial charge in [0.25, 0.3) is 12.3 Å². The number of nitrogens with two attached hydrogens (primary N) is 1. The Bertz CT molecular complexity index is 1220. The number of hydrogen-bond acceptors (Lipinski definition) is 6. The average Bonchev–Trinajstić information content (AvgIpc) is 3.17. The molecular weight excluding hydrogens is 494 g/mol. The highest BCUT2D eigenvalue weighted by Crippen LogP contribution is 2.39. The zero-order valence-electron chi connectivity index (χ0n) is 17.3. The van der Waals surface area contributed by atoms with E-state index in [0.29, 0.717) is 11.4 Å². The number of carbonyl (C=O) groups excluding carboxylic acids is 1. The molecule has 2 aromatic carbocycles. The SMILES string of the molecule is NC(=O)C1(NCc2ncc(-c3cc(Cl)cc(Cl)c3OCC(F)F)cc2F)Nc2ccccc2N1. The summed E-state index contributed by atoms with van der Waals surface area (Å²) in [5.74, 6) is -3.10. The van der Waals surface area contributed by atoms with E-state index >= 15 is 0 Å². The maximum absolute atomic E-state index is 15.0. The van der Waals surface area contributed by atoms with Crippen LogP contribution in [0.1, 0.15) is 5.69 Å². The van der Waals surface area contributed by atoms with E-state index in [-0.39, 0.29) is 39.2 Å². The van der Waals surface area contributed by atoms with Crippen LogP contribution in [0, 0.1) is 5.82 Å². The quantitative estimate of drug-likeness (QED) is 0.352. The number of para-hydroxylation sites is 2. The lowest BCUT2D eigenvalue weighted by atomic mass is 10.1. The van der Waals surface area contributed by atoms with Crippen molar-refractivity contribution in [1.29, 1.82) is 0 Å². The van der Waals surface area contributed by atoms with Crippen LogP contribution in [0.4, 0.5) is 24.5 Å². The van der Waals surface area contributed by atoms with E-state index in [0.717, 1.165) is 6.07 Å². The van der Waals surface area contributed by atoms with Gasteiger partial charge < -0.3 is 21.1 Å². The third-order valence-corrected chi connectivity index (χ3v) is 5.55. The molecular formula is C22H18Cl2F3N5O2. The summed E-state index contributed by atoms with van der Waals surface area (Å²) in [5.41, 5.74) is 7.26. The van der Waals surface area contributed by atoms with Crippen molar-refractivity contribution in [3.8, 4) is 16.9 Å². The minimum atomic E-state index is -2.73. The lowest BCUT2D eigenvalue weighted by Crippen LogP contribution is -2.63. The first-order valence-electron chi connectivity index (χ1n) is 9.93. The van der Waals surface area contributed by atoms with Crippen molar-refractivity contribution < 1.29 is 22.7 Å². The molecule has 0 saturated heterocycles. The van der Waals surface area contributed by atoms with E-state index < -0.39 is 30.5 Å². The molecule has 1 amide bonds. The summed E-state index contributed by atoms with van der Waals surface area (Å²) in [7, 11) is 0. The van der Waals surface area contributed by atoms with Gasteiger partial charge in [0.05, 0.1) is 22.1 Å². The van der Waals surface area contributed by atoms with Gasteiger partial charge in [-0.3, -0.25) is 15.1 Å². The number of nitrogens with zero attached hydrogens (tertiary/aromatic N) is 1. The molecule has 0 aliphatic carbocycles. The number of benzene rings is 2. The van der Waals surface area contributed by atoms with Gasteiger partial charge in [-0.15, -0.1) is 0 Å². The highest BCUT2D eigenvalue weighted by atomic mass is 35.5. The van der Waals surface area contributed by atoms with Crippen LogP contribution in [0.3, 0.4) is 0 Å². The molecule has 1 aromatic heterocycles. The van der Waals surface area contributed by atoms with Crippen molar-refractivity contribution in [2.24, 2.45) is 5.73 Å². The number of nitrogens with one attached hydrogen (secondary N) is 3. The third-order valence-electron chi connectivity index (χ3n) is 5.05. The summed E-state index contributed by atoms with van der Waals surface area (Å²) in [4.78, 5) is 16.3. The Balaban J connectivity index is 1.57. The van der Waals surface area contributed by atoms with E-state index in [1.165, 1.54) is 18.3 Å². The first kappa shape index (κ1) is 23.9. The van der Waals surface area contributed by atoms with Crippen molar-refractivity contribution in [1.82, 2.24) is 10.3 Å². The molecule has 12 heteroatoms. The van der Waals surface area contributed by atoms with E-state index in [1.807, 2.05) is 0 Å². The predicted molar refractivity (Wildman–Crippen MR) is 124 cm³/mol. The molecule has 0 spiro atoms. The van der Waals surface area contributed by atoms with Gasteiger partial charge in [-0.25, -0.2) is 13.2 Å². The van der Waals surface area contributed by atoms with Crippen LogP contribution in [-0.2, 0) is 11.3 Å². The lowest BCUT2D eigenvalue weighted by Gasteiger charge is -2.28. The summed E-state index contributed by atoms with van der Waals surface area (Å²) >= 11 is 12.2. The van der Waals surface area contributed by atoms with Crippen molar-refractivity contribution in [2.45, 2.75) is 18.8 Å². The van der Waals surface area contributed by atoms with Gasteiger partial charge in [0.2, 0.25) is 5.79 Å². The van der Waals surface area contributed by atoms with Crippen LogP contribution in [0.5, 0.6) is 5.75 Å². The van der Waals surface area contributed by atoms with Crippen LogP contribution >= 0.6 is 23.2 Å². The molecule has 0 atom stereocenters. The van der Waals surface area contributed by atoms with Gasteiger partial charge in [0, 0.05) is 28.9 Å². The van der Waals surface area contributed by atoms with Gasteiger partial charge in [0.15, 0.2) is 0 Å². The smallest absolute Gasteiger partial charge is 0.280 e. The van der Waals surface area contributed by atoms with E-state index in [1.54, 1.807) is 24.3 Å². The number of aromatic nitrogens is 1. The van der Waals surface area contributed by atoms with Crippen LogP contribution in [0.2, 0.25) is 10.0 Å². The molecule has 1 aliphatic heterocycles. The molecule has 34 heavy (non-hydrogen) atoms. The Morgan fingerprint density at radius 1 is 1.18 bits per heavy atom. The van der Waals surface area contributed by atoms with E-state index in [9.17, 15) is 18.0 Å². The first-order chi connectivity index (χ1) is 16.2.